The SMILES string of the molecule is Oc1[nH]c2ccc(F)cc2c1C=NC1CCCC1. The lowest BCUT2D eigenvalue weighted by Crippen LogP contribution is -1.96. The average molecular weight is 246 g/mol. The summed E-state index contributed by atoms with van der Waals surface area (Å²) in [5.41, 5.74) is 1.30. The van der Waals surface area contributed by atoms with Crippen LogP contribution in [0.4, 0.5) is 4.39 Å². The predicted octanol–water partition coefficient (Wildman–Crippen LogP) is 3.37. The van der Waals surface area contributed by atoms with Crippen molar-refractivity contribution in [2.75, 3.05) is 0 Å². The van der Waals surface area contributed by atoms with Crippen LogP contribution in [-0.4, -0.2) is 22.3 Å². The minimum Gasteiger partial charge on any atom is -0.494 e. The number of aromatic hydroxyl groups is 1. The predicted molar refractivity (Wildman–Crippen MR) is 69.8 cm³/mol. The van der Waals surface area contributed by atoms with E-state index >= 15 is 0 Å². The molecule has 4 heteroatoms. The average Bonchev–Trinajstić information content (AvgIpc) is 2.94. The van der Waals surface area contributed by atoms with Crippen LogP contribution < -0.4 is 0 Å². The van der Waals surface area contributed by atoms with Gasteiger partial charge in [-0.25, -0.2) is 4.39 Å². The Morgan fingerprint density at radius 2 is 2.11 bits per heavy atom. The highest BCUT2D eigenvalue weighted by molar-refractivity contribution is 6.02. The van der Waals surface area contributed by atoms with Gasteiger partial charge in [-0.1, -0.05) is 12.8 Å². The summed E-state index contributed by atoms with van der Waals surface area (Å²) in [7, 11) is 0. The molecule has 0 bridgehead atoms. The van der Waals surface area contributed by atoms with Crippen molar-refractivity contribution < 1.29 is 9.50 Å². The van der Waals surface area contributed by atoms with Crippen LogP contribution in [0.2, 0.25) is 0 Å². The molecule has 2 aromatic rings. The Bertz CT molecular complexity index is 597. The van der Waals surface area contributed by atoms with Gasteiger partial charge in [-0.15, -0.1) is 0 Å². The minimum absolute atomic E-state index is 0.0531. The van der Waals surface area contributed by atoms with Crippen LogP contribution in [0.15, 0.2) is 23.2 Å². The third kappa shape index (κ3) is 1.98. The molecule has 0 unspecified atom stereocenters. The number of aliphatic imine (C=N–C) groups is 1. The van der Waals surface area contributed by atoms with E-state index in [0.717, 1.165) is 18.4 Å². The molecule has 3 rings (SSSR count). The van der Waals surface area contributed by atoms with Crippen LogP contribution in [0.25, 0.3) is 10.9 Å². The van der Waals surface area contributed by atoms with Crippen molar-refractivity contribution in [3.05, 3.63) is 29.6 Å². The van der Waals surface area contributed by atoms with E-state index in [4.69, 9.17) is 0 Å². The highest BCUT2D eigenvalue weighted by atomic mass is 19.1. The van der Waals surface area contributed by atoms with Crippen molar-refractivity contribution >= 4 is 17.1 Å². The van der Waals surface area contributed by atoms with Gasteiger partial charge in [0, 0.05) is 23.2 Å². The van der Waals surface area contributed by atoms with Crippen molar-refractivity contribution in [3.8, 4) is 5.88 Å². The quantitative estimate of drug-likeness (QED) is 0.784. The van der Waals surface area contributed by atoms with Crippen molar-refractivity contribution in [2.24, 2.45) is 4.99 Å². The molecule has 0 amide bonds. The monoisotopic (exact) mass is 246 g/mol. The van der Waals surface area contributed by atoms with Crippen LogP contribution in [-0.2, 0) is 0 Å². The van der Waals surface area contributed by atoms with Crippen LogP contribution in [0.1, 0.15) is 31.2 Å². The summed E-state index contributed by atoms with van der Waals surface area (Å²) in [4.78, 5) is 7.31. The number of nitrogens with one attached hydrogen (secondary N) is 1. The molecule has 1 aliphatic rings. The number of halogens is 1. The van der Waals surface area contributed by atoms with Gasteiger partial charge in [0.05, 0.1) is 5.56 Å². The summed E-state index contributed by atoms with van der Waals surface area (Å²) in [5.74, 6) is -0.255. The number of benzene rings is 1. The zero-order valence-electron chi connectivity index (χ0n) is 9.99. The lowest BCUT2D eigenvalue weighted by atomic mass is 10.2. The van der Waals surface area contributed by atoms with Crippen molar-refractivity contribution in [2.45, 2.75) is 31.7 Å². The fraction of sp³-hybridized carbons (Fsp3) is 0.357. The number of H-pyrrole nitrogens is 1. The second-order valence-electron chi connectivity index (χ2n) is 4.79. The van der Waals surface area contributed by atoms with Gasteiger partial charge < -0.3 is 10.1 Å². The number of hydrogen-bond acceptors (Lipinski definition) is 2. The van der Waals surface area contributed by atoms with E-state index in [1.807, 2.05) is 0 Å². The molecule has 1 aliphatic carbocycles. The zero-order chi connectivity index (χ0) is 12.5. The number of nitrogens with zero attached hydrogens (tertiary/aromatic N) is 1. The Kier molecular flexibility index (Phi) is 2.78. The van der Waals surface area contributed by atoms with Crippen LogP contribution in [0.5, 0.6) is 5.88 Å². The molecule has 1 fully saturated rings. The first-order chi connectivity index (χ1) is 8.74. The van der Waals surface area contributed by atoms with Crippen molar-refractivity contribution in [1.82, 2.24) is 4.98 Å². The number of hydrogen-bond donors (Lipinski definition) is 2. The second kappa shape index (κ2) is 4.44. The summed E-state index contributed by atoms with van der Waals surface area (Å²) >= 11 is 0. The third-order valence-electron chi connectivity index (χ3n) is 3.52. The van der Waals surface area contributed by atoms with Crippen molar-refractivity contribution in [3.63, 3.8) is 0 Å². The Morgan fingerprint density at radius 1 is 1.33 bits per heavy atom. The third-order valence-corrected chi connectivity index (χ3v) is 3.52. The summed E-state index contributed by atoms with van der Waals surface area (Å²) in [6.45, 7) is 0. The molecule has 1 aromatic heterocycles. The van der Waals surface area contributed by atoms with Gasteiger partial charge in [-0.05, 0) is 31.0 Å². The Morgan fingerprint density at radius 3 is 2.89 bits per heavy atom. The van der Waals surface area contributed by atoms with E-state index in [1.54, 1.807) is 12.3 Å². The minimum atomic E-state index is -0.308. The first-order valence-corrected chi connectivity index (χ1v) is 6.27. The summed E-state index contributed by atoms with van der Waals surface area (Å²) in [6.07, 6.45) is 6.32. The largest absolute Gasteiger partial charge is 0.494 e. The molecule has 94 valence electrons. The smallest absolute Gasteiger partial charge is 0.198 e. The molecule has 18 heavy (non-hydrogen) atoms. The number of rotatable bonds is 2. The van der Waals surface area contributed by atoms with Gasteiger partial charge in [0.1, 0.15) is 5.82 Å². The molecule has 0 atom stereocenters. The summed E-state index contributed by atoms with van der Waals surface area (Å²) in [5, 5.41) is 10.5. The standard InChI is InChI=1S/C14H15FN2O/c15-9-5-6-13-11(7-9)12(14(18)17-13)8-16-10-3-1-2-4-10/h5-8,10,17-18H,1-4H2. The van der Waals surface area contributed by atoms with Crippen LogP contribution in [0, 0.1) is 5.82 Å². The lowest BCUT2D eigenvalue weighted by molar-refractivity contribution is 0.457. The molecule has 3 nitrogen and oxygen atoms in total. The van der Waals surface area contributed by atoms with Crippen molar-refractivity contribution in [1.29, 1.82) is 0 Å². The van der Waals surface area contributed by atoms with Gasteiger partial charge in [0.15, 0.2) is 5.88 Å². The first-order valence-electron chi connectivity index (χ1n) is 6.27. The van der Waals surface area contributed by atoms with Gasteiger partial charge in [0.2, 0.25) is 0 Å². The number of aromatic amines is 1. The molecule has 0 aliphatic heterocycles. The molecule has 0 radical (unpaired) electrons. The van der Waals surface area contributed by atoms with Gasteiger partial charge in [0.25, 0.3) is 0 Å². The molecule has 1 saturated carbocycles. The molecule has 0 spiro atoms. The van der Waals surface area contributed by atoms with Gasteiger partial charge >= 0.3 is 0 Å². The molecule has 0 saturated heterocycles. The molecule has 2 N–H and O–H groups in total. The van der Waals surface area contributed by atoms with E-state index in [1.165, 1.54) is 25.0 Å². The normalized spacial score (nSPS) is 17.2. The maximum Gasteiger partial charge on any atom is 0.198 e. The second-order valence-corrected chi connectivity index (χ2v) is 4.79. The van der Waals surface area contributed by atoms with E-state index in [2.05, 4.69) is 9.98 Å². The van der Waals surface area contributed by atoms with Crippen LogP contribution >= 0.6 is 0 Å². The summed E-state index contributed by atoms with van der Waals surface area (Å²) in [6, 6.07) is 4.76. The fourth-order valence-corrected chi connectivity index (χ4v) is 2.53. The van der Waals surface area contributed by atoms with E-state index in [9.17, 15) is 9.50 Å². The highest BCUT2D eigenvalue weighted by Crippen LogP contribution is 2.27. The Labute approximate surface area is 104 Å². The first kappa shape index (κ1) is 11.3. The maximum absolute atomic E-state index is 13.2. The fourth-order valence-electron chi connectivity index (χ4n) is 2.53. The Balaban J connectivity index is 1.99. The van der Waals surface area contributed by atoms with Crippen LogP contribution in [0.3, 0.4) is 0 Å². The summed E-state index contributed by atoms with van der Waals surface area (Å²) < 4.78 is 13.2. The van der Waals surface area contributed by atoms with Gasteiger partial charge in [-0.2, -0.15) is 0 Å². The lowest BCUT2D eigenvalue weighted by Gasteiger charge is -2.00. The maximum atomic E-state index is 13.2. The van der Waals surface area contributed by atoms with E-state index in [-0.39, 0.29) is 11.7 Å². The van der Waals surface area contributed by atoms with E-state index in [0.29, 0.717) is 17.0 Å². The van der Waals surface area contributed by atoms with E-state index < -0.39 is 0 Å². The number of aromatic nitrogens is 1. The van der Waals surface area contributed by atoms with Gasteiger partial charge in [-0.3, -0.25) is 4.99 Å². The molecule has 1 heterocycles. The molecular formula is C14H15FN2O. The Hall–Kier alpha value is -1.84. The highest BCUT2D eigenvalue weighted by Gasteiger charge is 2.14. The molecular weight excluding hydrogens is 231 g/mol. The zero-order valence-corrected chi connectivity index (χ0v) is 9.99. The molecule has 1 aromatic carbocycles. The number of fused-ring (bicyclic) bond motifs is 1. The topological polar surface area (TPSA) is 48.4 Å².